The van der Waals surface area contributed by atoms with Crippen molar-refractivity contribution >= 4 is 0 Å². The molecule has 0 saturated carbocycles. The van der Waals surface area contributed by atoms with Gasteiger partial charge in [-0.15, -0.1) is 0 Å². The Bertz CT molecular complexity index is 731. The number of rotatable bonds is 9. The van der Waals surface area contributed by atoms with Gasteiger partial charge in [0.15, 0.2) is 0 Å². The van der Waals surface area contributed by atoms with E-state index in [1.165, 1.54) is 11.3 Å². The first-order chi connectivity index (χ1) is 13.6. The summed E-state index contributed by atoms with van der Waals surface area (Å²) in [7, 11) is 0. The molecule has 1 atom stereocenters. The molecule has 1 aliphatic rings. The molecule has 1 aromatic carbocycles. The summed E-state index contributed by atoms with van der Waals surface area (Å²) in [6.07, 6.45) is 0.785. The maximum atomic E-state index is 9.60. The van der Waals surface area contributed by atoms with Gasteiger partial charge in [0.05, 0.1) is 12.3 Å². The van der Waals surface area contributed by atoms with Crippen LogP contribution in [0.25, 0.3) is 0 Å². The summed E-state index contributed by atoms with van der Waals surface area (Å²) in [4.78, 5) is 4.94. The first-order valence-electron chi connectivity index (χ1n) is 10.4. The van der Waals surface area contributed by atoms with Crippen molar-refractivity contribution in [2.45, 2.75) is 52.2 Å². The summed E-state index contributed by atoms with van der Waals surface area (Å²) in [5, 5.41) is 17.2. The third-order valence-corrected chi connectivity index (χ3v) is 5.43. The third kappa shape index (κ3) is 5.34. The Morgan fingerprint density at radius 1 is 1.25 bits per heavy atom. The van der Waals surface area contributed by atoms with E-state index in [4.69, 9.17) is 4.74 Å². The van der Waals surface area contributed by atoms with Crippen LogP contribution in [0.4, 0.5) is 0 Å². The monoisotopic (exact) mass is 386 g/mol. The average Bonchev–Trinajstić information content (AvgIpc) is 3.15. The number of nitrogens with one attached hydrogen (secondary N) is 1. The normalized spacial score (nSPS) is 18.7. The van der Waals surface area contributed by atoms with Crippen molar-refractivity contribution in [1.29, 1.82) is 0 Å². The Balaban J connectivity index is 1.64. The van der Waals surface area contributed by atoms with Gasteiger partial charge in [0.2, 0.25) is 0 Å². The molecule has 1 aliphatic heterocycles. The van der Waals surface area contributed by atoms with Crippen molar-refractivity contribution in [2.75, 3.05) is 32.8 Å². The predicted octanol–water partition coefficient (Wildman–Crippen LogP) is 3.00. The number of aliphatic hydroxyl groups excluding tert-OH is 1. The average molecular weight is 387 g/mol. The highest BCUT2D eigenvalue weighted by Gasteiger charge is 2.27. The van der Waals surface area contributed by atoms with E-state index in [0.29, 0.717) is 18.6 Å². The van der Waals surface area contributed by atoms with Crippen molar-refractivity contribution in [2.24, 2.45) is 0 Å². The highest BCUT2D eigenvalue weighted by molar-refractivity contribution is 5.33. The molecule has 154 valence electrons. The minimum atomic E-state index is 0.212. The van der Waals surface area contributed by atoms with Crippen LogP contribution in [0, 0.1) is 0 Å². The van der Waals surface area contributed by atoms with Crippen LogP contribution < -0.4 is 4.74 Å². The molecule has 3 rings (SSSR count). The number of aliphatic hydroxyl groups is 1. The van der Waals surface area contributed by atoms with Crippen molar-refractivity contribution in [1.82, 2.24) is 20.0 Å². The molecule has 1 aromatic heterocycles. The van der Waals surface area contributed by atoms with Crippen LogP contribution in [0.1, 0.15) is 50.1 Å². The zero-order valence-corrected chi connectivity index (χ0v) is 17.4. The first kappa shape index (κ1) is 20.8. The summed E-state index contributed by atoms with van der Waals surface area (Å²) in [5.41, 5.74) is 3.51. The van der Waals surface area contributed by atoms with Crippen LogP contribution in [0.15, 0.2) is 30.3 Å². The van der Waals surface area contributed by atoms with Gasteiger partial charge >= 0.3 is 0 Å². The van der Waals surface area contributed by atoms with Crippen LogP contribution >= 0.6 is 0 Å². The standard InChI is InChI=1S/C22H34N4O2/c1-4-28-22-8-6-5-7-18(22)14-26-11-10-25(16-20(26)9-12-27)15-19-13-21(17(2)3)24-23-19/h5-8,13,17,20,27H,4,9-12,14-16H2,1-3H3,(H,23,24)/t20-/m0/s1. The lowest BCUT2D eigenvalue weighted by Gasteiger charge is -2.41. The fourth-order valence-electron chi connectivity index (χ4n) is 3.88. The lowest BCUT2D eigenvalue weighted by Crippen LogP contribution is -2.52. The van der Waals surface area contributed by atoms with E-state index in [1.807, 2.05) is 19.1 Å². The van der Waals surface area contributed by atoms with Crippen molar-refractivity contribution in [3.8, 4) is 5.75 Å². The summed E-state index contributed by atoms with van der Waals surface area (Å²) in [6, 6.07) is 10.8. The van der Waals surface area contributed by atoms with Gasteiger partial charge in [-0.3, -0.25) is 14.9 Å². The number of ether oxygens (including phenoxy) is 1. The maximum Gasteiger partial charge on any atom is 0.123 e. The fourth-order valence-corrected chi connectivity index (χ4v) is 3.88. The molecule has 0 radical (unpaired) electrons. The van der Waals surface area contributed by atoms with E-state index >= 15 is 0 Å². The molecule has 0 unspecified atom stereocenters. The molecule has 1 fully saturated rings. The molecule has 6 nitrogen and oxygen atoms in total. The number of piperazine rings is 1. The van der Waals surface area contributed by atoms with E-state index < -0.39 is 0 Å². The molecule has 2 aromatic rings. The number of hydrogen-bond donors (Lipinski definition) is 2. The van der Waals surface area contributed by atoms with E-state index in [0.717, 1.165) is 50.6 Å². The van der Waals surface area contributed by atoms with Gasteiger partial charge in [0.25, 0.3) is 0 Å². The number of H-pyrrole nitrogens is 1. The van der Waals surface area contributed by atoms with Gasteiger partial charge in [0.1, 0.15) is 5.75 Å². The van der Waals surface area contributed by atoms with Crippen molar-refractivity contribution in [3.63, 3.8) is 0 Å². The highest BCUT2D eigenvalue weighted by Crippen LogP contribution is 2.24. The van der Waals surface area contributed by atoms with Crippen LogP contribution in [-0.2, 0) is 13.1 Å². The SMILES string of the molecule is CCOc1ccccc1CN1CCN(Cc2cc(C(C)C)n[nH]2)C[C@@H]1CCO. The first-order valence-corrected chi connectivity index (χ1v) is 10.4. The summed E-state index contributed by atoms with van der Waals surface area (Å²) >= 11 is 0. The highest BCUT2D eigenvalue weighted by atomic mass is 16.5. The minimum Gasteiger partial charge on any atom is -0.494 e. The molecule has 0 bridgehead atoms. The van der Waals surface area contributed by atoms with Gasteiger partial charge in [-0.1, -0.05) is 32.0 Å². The van der Waals surface area contributed by atoms with Gasteiger partial charge in [0, 0.05) is 56.6 Å². The number of para-hydroxylation sites is 1. The second kappa shape index (κ2) is 10.0. The lowest BCUT2D eigenvalue weighted by atomic mass is 10.1. The smallest absolute Gasteiger partial charge is 0.123 e. The molecule has 2 N–H and O–H groups in total. The quantitative estimate of drug-likeness (QED) is 0.694. The second-order valence-electron chi connectivity index (χ2n) is 7.89. The van der Waals surface area contributed by atoms with Gasteiger partial charge in [-0.25, -0.2) is 0 Å². The van der Waals surface area contributed by atoms with Gasteiger partial charge < -0.3 is 9.84 Å². The molecule has 6 heteroatoms. The molecule has 28 heavy (non-hydrogen) atoms. The number of benzene rings is 1. The number of hydrogen-bond acceptors (Lipinski definition) is 5. The van der Waals surface area contributed by atoms with E-state index in [1.54, 1.807) is 0 Å². The Labute approximate surface area is 168 Å². The van der Waals surface area contributed by atoms with E-state index in [9.17, 15) is 5.11 Å². The Hall–Kier alpha value is -1.89. The second-order valence-corrected chi connectivity index (χ2v) is 7.89. The molecule has 0 spiro atoms. The number of aromatic nitrogens is 2. The minimum absolute atomic E-state index is 0.212. The Morgan fingerprint density at radius 2 is 2.07 bits per heavy atom. The van der Waals surface area contributed by atoms with Gasteiger partial charge in [-0.2, -0.15) is 5.10 Å². The van der Waals surface area contributed by atoms with E-state index in [-0.39, 0.29) is 6.61 Å². The topological polar surface area (TPSA) is 64.6 Å². The molecular formula is C22H34N4O2. The largest absolute Gasteiger partial charge is 0.494 e. The fraction of sp³-hybridized carbons (Fsp3) is 0.591. The number of nitrogens with zero attached hydrogens (tertiary/aromatic N) is 3. The van der Waals surface area contributed by atoms with Gasteiger partial charge in [-0.05, 0) is 31.4 Å². The molecule has 1 saturated heterocycles. The molecule has 0 aliphatic carbocycles. The summed E-state index contributed by atoms with van der Waals surface area (Å²) in [5.74, 6) is 1.41. The van der Waals surface area contributed by atoms with Crippen molar-refractivity contribution < 1.29 is 9.84 Å². The Kier molecular flexibility index (Phi) is 7.48. The zero-order valence-electron chi connectivity index (χ0n) is 17.4. The van der Waals surface area contributed by atoms with Crippen molar-refractivity contribution in [3.05, 3.63) is 47.3 Å². The third-order valence-electron chi connectivity index (χ3n) is 5.43. The van der Waals surface area contributed by atoms with Crippen LogP contribution in [0.3, 0.4) is 0 Å². The summed E-state index contributed by atoms with van der Waals surface area (Å²) < 4.78 is 5.80. The maximum absolute atomic E-state index is 9.60. The van der Waals surface area contributed by atoms with E-state index in [2.05, 4.69) is 52.0 Å². The molecule has 2 heterocycles. The summed E-state index contributed by atoms with van der Waals surface area (Å²) in [6.45, 7) is 11.9. The van der Waals surface area contributed by atoms with Crippen LogP contribution in [0.5, 0.6) is 5.75 Å². The predicted molar refractivity (Wildman–Crippen MR) is 111 cm³/mol. The van der Waals surface area contributed by atoms with Crippen LogP contribution in [-0.4, -0.2) is 64.0 Å². The zero-order chi connectivity index (χ0) is 19.9. The van der Waals surface area contributed by atoms with Crippen LogP contribution in [0.2, 0.25) is 0 Å². The number of aromatic amines is 1. The lowest BCUT2D eigenvalue weighted by molar-refractivity contribution is 0.0488. The molecular weight excluding hydrogens is 352 g/mol. The molecule has 0 amide bonds. The Morgan fingerprint density at radius 3 is 2.79 bits per heavy atom.